The zero-order chi connectivity index (χ0) is 14.4. The van der Waals surface area contributed by atoms with Gasteiger partial charge in [-0.05, 0) is 43.0 Å². The maximum absolute atomic E-state index is 11.7. The van der Waals surface area contributed by atoms with Crippen LogP contribution in [0, 0.1) is 6.92 Å². The summed E-state index contributed by atoms with van der Waals surface area (Å²) in [4.78, 5) is 22.5. The molecule has 1 aromatic rings. The van der Waals surface area contributed by atoms with Crippen molar-refractivity contribution >= 4 is 17.7 Å². The number of aryl methyl sites for hydroxylation is 2. The molecule has 104 valence electrons. The highest BCUT2D eigenvalue weighted by molar-refractivity contribution is 5.92. The molecule has 0 aromatic heterocycles. The van der Waals surface area contributed by atoms with Crippen LogP contribution in [0.5, 0.6) is 0 Å². The van der Waals surface area contributed by atoms with Crippen LogP contribution in [0.2, 0.25) is 0 Å². The predicted octanol–water partition coefficient (Wildman–Crippen LogP) is 2.54. The first-order valence-corrected chi connectivity index (χ1v) is 6.37. The largest absolute Gasteiger partial charge is 0.480 e. The average Bonchev–Trinajstić information content (AvgIpc) is 2.37. The van der Waals surface area contributed by atoms with Crippen molar-refractivity contribution in [2.75, 3.05) is 5.32 Å². The summed E-state index contributed by atoms with van der Waals surface area (Å²) in [5.41, 5.74) is 2.99. The molecule has 0 spiro atoms. The van der Waals surface area contributed by atoms with E-state index in [1.807, 2.05) is 26.0 Å². The Balaban J connectivity index is 2.69. The summed E-state index contributed by atoms with van der Waals surface area (Å²) in [5, 5.41) is 13.9. The Kier molecular flexibility index (Phi) is 5.36. The van der Waals surface area contributed by atoms with Crippen LogP contribution in [-0.2, 0) is 11.2 Å². The summed E-state index contributed by atoms with van der Waals surface area (Å²) in [7, 11) is 0. The third-order valence-corrected chi connectivity index (χ3v) is 3.00. The van der Waals surface area contributed by atoms with Crippen molar-refractivity contribution in [2.45, 2.75) is 39.7 Å². The summed E-state index contributed by atoms with van der Waals surface area (Å²) < 4.78 is 0. The molecule has 0 unspecified atom stereocenters. The molecule has 1 atom stereocenters. The molecule has 3 N–H and O–H groups in total. The topological polar surface area (TPSA) is 78.4 Å². The van der Waals surface area contributed by atoms with E-state index in [9.17, 15) is 9.59 Å². The molecule has 0 radical (unpaired) electrons. The summed E-state index contributed by atoms with van der Waals surface area (Å²) >= 11 is 0. The van der Waals surface area contributed by atoms with Crippen molar-refractivity contribution in [1.82, 2.24) is 5.32 Å². The number of hydrogen-bond donors (Lipinski definition) is 3. The van der Waals surface area contributed by atoms with E-state index in [1.165, 1.54) is 5.56 Å². The minimum Gasteiger partial charge on any atom is -0.480 e. The molecule has 0 aliphatic heterocycles. The van der Waals surface area contributed by atoms with E-state index in [0.717, 1.165) is 12.0 Å². The maximum atomic E-state index is 11.7. The van der Waals surface area contributed by atoms with Crippen LogP contribution in [-0.4, -0.2) is 23.1 Å². The van der Waals surface area contributed by atoms with Crippen LogP contribution in [0.3, 0.4) is 0 Å². The fraction of sp³-hybridized carbons (Fsp3) is 0.429. The van der Waals surface area contributed by atoms with Crippen molar-refractivity contribution in [2.24, 2.45) is 0 Å². The number of amides is 2. The molecule has 0 fully saturated rings. The number of rotatable bonds is 5. The number of urea groups is 1. The van der Waals surface area contributed by atoms with Gasteiger partial charge in [-0.3, -0.25) is 0 Å². The van der Waals surface area contributed by atoms with Crippen molar-refractivity contribution in [3.8, 4) is 0 Å². The number of carbonyl (C=O) groups is 2. The lowest BCUT2D eigenvalue weighted by Crippen LogP contribution is -2.42. The minimum absolute atomic E-state index is 0.344. The van der Waals surface area contributed by atoms with E-state index in [0.29, 0.717) is 12.1 Å². The highest BCUT2D eigenvalue weighted by Crippen LogP contribution is 2.15. The first kappa shape index (κ1) is 15.0. The molecule has 0 heterocycles. The van der Waals surface area contributed by atoms with E-state index in [2.05, 4.69) is 10.6 Å². The molecule has 0 saturated carbocycles. The molecule has 5 heteroatoms. The van der Waals surface area contributed by atoms with E-state index in [4.69, 9.17) is 5.11 Å². The van der Waals surface area contributed by atoms with Gasteiger partial charge in [-0.25, -0.2) is 9.59 Å². The van der Waals surface area contributed by atoms with Crippen LogP contribution >= 0.6 is 0 Å². The van der Waals surface area contributed by atoms with E-state index in [-0.39, 0.29) is 0 Å². The number of carbonyl (C=O) groups excluding carboxylic acids is 1. The molecule has 0 saturated heterocycles. The number of carboxylic acids is 1. The van der Waals surface area contributed by atoms with Gasteiger partial charge in [0.2, 0.25) is 0 Å². The van der Waals surface area contributed by atoms with Crippen LogP contribution in [0.4, 0.5) is 10.5 Å². The van der Waals surface area contributed by atoms with Gasteiger partial charge in [0.25, 0.3) is 0 Å². The van der Waals surface area contributed by atoms with Gasteiger partial charge in [0.15, 0.2) is 0 Å². The predicted molar refractivity (Wildman–Crippen MR) is 74.4 cm³/mol. The van der Waals surface area contributed by atoms with Gasteiger partial charge in [-0.1, -0.05) is 19.9 Å². The number of carboxylic acid groups (broad SMARTS) is 1. The van der Waals surface area contributed by atoms with Crippen LogP contribution in [0.25, 0.3) is 0 Å². The maximum Gasteiger partial charge on any atom is 0.326 e. The summed E-state index contributed by atoms with van der Waals surface area (Å²) in [5.74, 6) is -1.03. The van der Waals surface area contributed by atoms with Gasteiger partial charge in [-0.15, -0.1) is 0 Å². The zero-order valence-corrected chi connectivity index (χ0v) is 11.5. The number of aliphatic carboxylic acids is 1. The number of anilines is 1. The monoisotopic (exact) mass is 264 g/mol. The van der Waals surface area contributed by atoms with Gasteiger partial charge in [0.05, 0.1) is 0 Å². The van der Waals surface area contributed by atoms with Crippen molar-refractivity contribution in [1.29, 1.82) is 0 Å². The van der Waals surface area contributed by atoms with Gasteiger partial charge >= 0.3 is 12.0 Å². The molecule has 19 heavy (non-hydrogen) atoms. The number of hydrogen-bond acceptors (Lipinski definition) is 2. The Morgan fingerprint density at radius 3 is 2.53 bits per heavy atom. The fourth-order valence-electron chi connectivity index (χ4n) is 1.79. The van der Waals surface area contributed by atoms with Gasteiger partial charge < -0.3 is 15.7 Å². The molecular formula is C14H20N2O3. The second-order valence-corrected chi connectivity index (χ2v) is 4.39. The lowest BCUT2D eigenvalue weighted by atomic mass is 10.1. The quantitative estimate of drug-likeness (QED) is 0.764. The Bertz CT molecular complexity index is 472. The number of nitrogens with one attached hydrogen (secondary N) is 2. The Hall–Kier alpha value is -2.04. The highest BCUT2D eigenvalue weighted by Gasteiger charge is 2.17. The van der Waals surface area contributed by atoms with Crippen LogP contribution in [0.15, 0.2) is 18.2 Å². The first-order chi connectivity index (χ1) is 8.97. The van der Waals surface area contributed by atoms with Crippen molar-refractivity contribution < 1.29 is 14.7 Å². The minimum atomic E-state index is -1.03. The molecule has 0 bridgehead atoms. The third kappa shape index (κ3) is 4.28. The van der Waals surface area contributed by atoms with Crippen molar-refractivity contribution in [3.63, 3.8) is 0 Å². The normalized spacial score (nSPS) is 11.7. The second-order valence-electron chi connectivity index (χ2n) is 4.39. The molecular weight excluding hydrogens is 244 g/mol. The average molecular weight is 264 g/mol. The first-order valence-electron chi connectivity index (χ1n) is 6.37. The lowest BCUT2D eigenvalue weighted by Gasteiger charge is -2.14. The molecule has 2 amide bonds. The second kappa shape index (κ2) is 6.78. The Morgan fingerprint density at radius 2 is 2.00 bits per heavy atom. The summed E-state index contributed by atoms with van der Waals surface area (Å²) in [6, 6.07) is 4.27. The van der Waals surface area contributed by atoms with E-state index in [1.54, 1.807) is 13.0 Å². The molecule has 5 nitrogen and oxygen atoms in total. The Labute approximate surface area is 113 Å². The standard InChI is InChI=1S/C14H20N2O3/c1-4-10-8-11(7-6-9(10)3)15-14(19)16-12(5-2)13(17)18/h6-8,12H,4-5H2,1-3H3,(H,17,18)(H2,15,16,19)/t12-/m0/s1. The summed E-state index contributed by atoms with van der Waals surface area (Å²) in [6.45, 7) is 5.77. The third-order valence-electron chi connectivity index (χ3n) is 3.00. The lowest BCUT2D eigenvalue weighted by molar-refractivity contribution is -0.139. The van der Waals surface area contributed by atoms with E-state index >= 15 is 0 Å². The zero-order valence-electron chi connectivity index (χ0n) is 11.5. The van der Waals surface area contributed by atoms with Gasteiger partial charge in [-0.2, -0.15) is 0 Å². The SMILES string of the molecule is CCc1cc(NC(=O)N[C@@H](CC)C(=O)O)ccc1C. The van der Waals surface area contributed by atoms with Crippen molar-refractivity contribution in [3.05, 3.63) is 29.3 Å². The molecule has 0 aliphatic rings. The van der Waals surface area contributed by atoms with Gasteiger partial charge in [0.1, 0.15) is 6.04 Å². The fourth-order valence-corrected chi connectivity index (χ4v) is 1.79. The summed E-state index contributed by atoms with van der Waals surface area (Å²) in [6.07, 6.45) is 1.23. The molecule has 1 rings (SSSR count). The Morgan fingerprint density at radius 1 is 1.32 bits per heavy atom. The van der Waals surface area contributed by atoms with Crippen LogP contribution in [0.1, 0.15) is 31.4 Å². The van der Waals surface area contributed by atoms with Gasteiger partial charge in [0, 0.05) is 5.69 Å². The van der Waals surface area contributed by atoms with Crippen LogP contribution < -0.4 is 10.6 Å². The number of benzene rings is 1. The molecule has 1 aromatic carbocycles. The smallest absolute Gasteiger partial charge is 0.326 e. The van der Waals surface area contributed by atoms with E-state index < -0.39 is 18.0 Å². The highest BCUT2D eigenvalue weighted by atomic mass is 16.4. The molecule has 0 aliphatic carbocycles.